The molecule has 1 aromatic heterocycles. The first-order valence-corrected chi connectivity index (χ1v) is 7.25. The summed E-state index contributed by atoms with van der Waals surface area (Å²) in [5.41, 5.74) is 1.43. The van der Waals surface area contributed by atoms with Gasteiger partial charge in [0.15, 0.2) is 0 Å². The molecule has 4 nitrogen and oxygen atoms in total. The van der Waals surface area contributed by atoms with E-state index in [0.29, 0.717) is 23.2 Å². The molecule has 5 heteroatoms. The van der Waals surface area contributed by atoms with Crippen molar-refractivity contribution in [1.82, 2.24) is 10.3 Å². The molecule has 1 aliphatic heterocycles. The zero-order valence-electron chi connectivity index (χ0n) is 11.1. The van der Waals surface area contributed by atoms with Crippen molar-refractivity contribution in [1.29, 1.82) is 0 Å². The molecule has 2 N–H and O–H groups in total. The van der Waals surface area contributed by atoms with E-state index in [1.165, 1.54) is 0 Å². The van der Waals surface area contributed by atoms with Crippen LogP contribution in [-0.2, 0) is 4.74 Å². The fourth-order valence-corrected chi connectivity index (χ4v) is 2.77. The summed E-state index contributed by atoms with van der Waals surface area (Å²) in [4.78, 5) is 15.2. The van der Waals surface area contributed by atoms with Gasteiger partial charge in [-0.15, -0.1) is 0 Å². The summed E-state index contributed by atoms with van der Waals surface area (Å²) in [7, 11) is 0. The van der Waals surface area contributed by atoms with Gasteiger partial charge >= 0.3 is 0 Å². The number of carbonyl (C=O) groups excluding carboxylic acids is 1. The summed E-state index contributed by atoms with van der Waals surface area (Å²) in [6, 6.07) is 7.39. The highest BCUT2D eigenvalue weighted by molar-refractivity contribution is 6.35. The first-order valence-electron chi connectivity index (χ1n) is 6.87. The number of nitrogens with one attached hydrogen (secondary N) is 2. The van der Waals surface area contributed by atoms with E-state index >= 15 is 0 Å². The number of hydrogen-bond donors (Lipinski definition) is 2. The fourth-order valence-electron chi connectivity index (χ4n) is 2.54. The highest BCUT2D eigenvalue weighted by Crippen LogP contribution is 2.24. The Bertz CT molecular complexity index is 617. The summed E-state index contributed by atoms with van der Waals surface area (Å²) in [5, 5.41) is 4.47. The largest absolute Gasteiger partial charge is 0.381 e. The minimum absolute atomic E-state index is 0.0869. The third kappa shape index (κ3) is 2.81. The Morgan fingerprint density at radius 1 is 1.50 bits per heavy atom. The second-order valence-corrected chi connectivity index (χ2v) is 5.57. The highest BCUT2D eigenvalue weighted by atomic mass is 35.5. The third-order valence-electron chi connectivity index (χ3n) is 3.72. The summed E-state index contributed by atoms with van der Waals surface area (Å²) < 4.78 is 5.32. The zero-order chi connectivity index (χ0) is 13.9. The normalized spacial score (nSPS) is 18.6. The van der Waals surface area contributed by atoms with Gasteiger partial charge in [-0.25, -0.2) is 0 Å². The fraction of sp³-hybridized carbons (Fsp3) is 0.400. The van der Waals surface area contributed by atoms with Crippen LogP contribution >= 0.6 is 11.6 Å². The molecule has 1 unspecified atom stereocenters. The molecule has 0 spiro atoms. The van der Waals surface area contributed by atoms with Crippen molar-refractivity contribution in [3.63, 3.8) is 0 Å². The molecule has 20 heavy (non-hydrogen) atoms. The molecule has 106 valence electrons. The SMILES string of the molecule is O=C(NCCC1CCOC1)c1cc2c(Cl)cccc2[nH]1. The van der Waals surface area contributed by atoms with Crippen LogP contribution in [0.3, 0.4) is 0 Å². The van der Waals surface area contributed by atoms with Crippen LogP contribution in [0.2, 0.25) is 5.02 Å². The number of carbonyl (C=O) groups is 1. The molecule has 0 saturated carbocycles. The van der Waals surface area contributed by atoms with E-state index in [1.807, 2.05) is 18.2 Å². The maximum atomic E-state index is 12.1. The number of aromatic nitrogens is 1. The zero-order valence-corrected chi connectivity index (χ0v) is 11.9. The van der Waals surface area contributed by atoms with E-state index < -0.39 is 0 Å². The van der Waals surface area contributed by atoms with Crippen molar-refractivity contribution in [3.05, 3.63) is 35.0 Å². The minimum Gasteiger partial charge on any atom is -0.381 e. The van der Waals surface area contributed by atoms with Crippen LogP contribution in [0.1, 0.15) is 23.3 Å². The van der Waals surface area contributed by atoms with Gasteiger partial charge in [-0.3, -0.25) is 4.79 Å². The van der Waals surface area contributed by atoms with E-state index in [9.17, 15) is 4.79 Å². The number of amides is 1. The molecule has 3 rings (SSSR count). The minimum atomic E-state index is -0.0869. The van der Waals surface area contributed by atoms with Crippen molar-refractivity contribution < 1.29 is 9.53 Å². The standard InChI is InChI=1S/C15H17ClN2O2/c16-12-2-1-3-13-11(12)8-14(18-13)15(19)17-6-4-10-5-7-20-9-10/h1-3,8,10,18H,4-7,9H2,(H,17,19). The van der Waals surface area contributed by atoms with Gasteiger partial charge in [-0.05, 0) is 37.0 Å². The lowest BCUT2D eigenvalue weighted by Gasteiger charge is -2.07. The summed E-state index contributed by atoms with van der Waals surface area (Å²) in [5.74, 6) is 0.489. The van der Waals surface area contributed by atoms with Crippen LogP contribution < -0.4 is 5.32 Å². The number of halogens is 1. The van der Waals surface area contributed by atoms with Crippen LogP contribution in [0.15, 0.2) is 24.3 Å². The molecule has 0 bridgehead atoms. The Balaban J connectivity index is 1.61. The van der Waals surface area contributed by atoms with Gasteiger partial charge in [-0.2, -0.15) is 0 Å². The van der Waals surface area contributed by atoms with Crippen LogP contribution in [0.5, 0.6) is 0 Å². The maximum absolute atomic E-state index is 12.1. The number of H-pyrrole nitrogens is 1. The molecule has 2 heterocycles. The monoisotopic (exact) mass is 292 g/mol. The van der Waals surface area contributed by atoms with E-state index in [-0.39, 0.29) is 5.91 Å². The van der Waals surface area contributed by atoms with Crippen molar-refractivity contribution in [2.45, 2.75) is 12.8 Å². The predicted octanol–water partition coefficient (Wildman–Crippen LogP) is 2.98. The Labute approximate surface area is 122 Å². The second-order valence-electron chi connectivity index (χ2n) is 5.16. The molecule has 1 saturated heterocycles. The average Bonchev–Trinajstić information content (AvgIpc) is 3.07. The molecule has 0 radical (unpaired) electrons. The lowest BCUT2D eigenvalue weighted by molar-refractivity contribution is 0.0946. The highest BCUT2D eigenvalue weighted by Gasteiger charge is 2.16. The second kappa shape index (κ2) is 5.85. The van der Waals surface area contributed by atoms with E-state index in [4.69, 9.17) is 16.3 Å². The predicted molar refractivity (Wildman–Crippen MR) is 79.2 cm³/mol. The van der Waals surface area contributed by atoms with Gasteiger partial charge in [0.2, 0.25) is 0 Å². The van der Waals surface area contributed by atoms with Crippen molar-refractivity contribution in [2.24, 2.45) is 5.92 Å². The molecule has 2 aromatic rings. The van der Waals surface area contributed by atoms with Gasteiger partial charge in [0.05, 0.1) is 0 Å². The third-order valence-corrected chi connectivity index (χ3v) is 4.05. The number of hydrogen-bond acceptors (Lipinski definition) is 2. The number of aromatic amines is 1. The van der Waals surface area contributed by atoms with Gasteiger partial charge < -0.3 is 15.0 Å². The number of ether oxygens (including phenoxy) is 1. The van der Waals surface area contributed by atoms with E-state index in [0.717, 1.165) is 37.0 Å². The molecular weight excluding hydrogens is 276 g/mol. The van der Waals surface area contributed by atoms with Crippen molar-refractivity contribution >= 4 is 28.4 Å². The maximum Gasteiger partial charge on any atom is 0.267 e. The van der Waals surface area contributed by atoms with Crippen LogP contribution in [0, 0.1) is 5.92 Å². The van der Waals surface area contributed by atoms with E-state index in [1.54, 1.807) is 6.07 Å². The Kier molecular flexibility index (Phi) is 3.94. The summed E-state index contributed by atoms with van der Waals surface area (Å²) in [6.07, 6.45) is 2.06. The summed E-state index contributed by atoms with van der Waals surface area (Å²) >= 11 is 6.10. The Morgan fingerprint density at radius 3 is 3.15 bits per heavy atom. The average molecular weight is 293 g/mol. The Morgan fingerprint density at radius 2 is 2.40 bits per heavy atom. The molecule has 0 aliphatic carbocycles. The number of rotatable bonds is 4. The number of fused-ring (bicyclic) bond motifs is 1. The molecular formula is C15H17ClN2O2. The Hall–Kier alpha value is -1.52. The van der Waals surface area contributed by atoms with Gasteiger partial charge in [0.25, 0.3) is 5.91 Å². The molecule has 1 fully saturated rings. The van der Waals surface area contributed by atoms with Crippen LogP contribution in [-0.4, -0.2) is 30.6 Å². The quantitative estimate of drug-likeness (QED) is 0.910. The van der Waals surface area contributed by atoms with Crippen LogP contribution in [0.4, 0.5) is 0 Å². The first-order chi connectivity index (χ1) is 9.74. The summed E-state index contributed by atoms with van der Waals surface area (Å²) in [6.45, 7) is 2.34. The topological polar surface area (TPSA) is 54.1 Å². The smallest absolute Gasteiger partial charge is 0.267 e. The van der Waals surface area contributed by atoms with Gasteiger partial charge in [0, 0.05) is 35.7 Å². The van der Waals surface area contributed by atoms with Crippen molar-refractivity contribution in [2.75, 3.05) is 19.8 Å². The van der Waals surface area contributed by atoms with E-state index in [2.05, 4.69) is 10.3 Å². The van der Waals surface area contributed by atoms with Gasteiger partial charge in [-0.1, -0.05) is 17.7 Å². The van der Waals surface area contributed by atoms with Crippen LogP contribution in [0.25, 0.3) is 10.9 Å². The van der Waals surface area contributed by atoms with Crippen molar-refractivity contribution in [3.8, 4) is 0 Å². The first kappa shape index (κ1) is 13.5. The molecule has 1 amide bonds. The molecule has 1 aromatic carbocycles. The lowest BCUT2D eigenvalue weighted by atomic mass is 10.1. The van der Waals surface area contributed by atoms with Gasteiger partial charge in [0.1, 0.15) is 5.69 Å². The molecule has 1 aliphatic rings. The molecule has 1 atom stereocenters. The number of benzene rings is 1. The lowest BCUT2D eigenvalue weighted by Crippen LogP contribution is -2.26.